The average Bonchev–Trinajstić information content (AvgIpc) is 2.59. The highest BCUT2D eigenvalue weighted by molar-refractivity contribution is 6.27. The van der Waals surface area contributed by atoms with Crippen molar-refractivity contribution in [3.05, 3.63) is 35.9 Å². The first-order chi connectivity index (χ1) is 10.6. The maximum absolute atomic E-state index is 12.2. The fraction of sp³-hybridized carbons (Fsp3) is 0.500. The summed E-state index contributed by atoms with van der Waals surface area (Å²) in [5.41, 5.74) is 0.957. The number of likely N-dealkylation sites (N-methyl/N-ethyl adjacent to an activating group) is 1. The lowest BCUT2D eigenvalue weighted by Crippen LogP contribution is -2.50. The zero-order valence-corrected chi connectivity index (χ0v) is 13.5. The van der Waals surface area contributed by atoms with E-state index in [0.717, 1.165) is 18.4 Å². The van der Waals surface area contributed by atoms with Crippen LogP contribution in [0.5, 0.6) is 0 Å². The van der Waals surface area contributed by atoms with E-state index in [0.29, 0.717) is 13.1 Å². The van der Waals surface area contributed by atoms with E-state index in [1.165, 1.54) is 0 Å². The van der Waals surface area contributed by atoms with Gasteiger partial charge in [0.05, 0.1) is 0 Å². The van der Waals surface area contributed by atoms with Gasteiger partial charge in [-0.05, 0) is 18.4 Å². The molecule has 0 aliphatic carbocycles. The molecule has 0 spiro atoms. The molecule has 6 heteroatoms. The molecule has 1 unspecified atom stereocenters. The van der Waals surface area contributed by atoms with Gasteiger partial charge in [-0.15, -0.1) is 11.6 Å². The topological polar surface area (TPSA) is 49.9 Å². The predicted molar refractivity (Wildman–Crippen MR) is 84.7 cm³/mol. The average molecular weight is 325 g/mol. The number of ether oxygens (including phenoxy) is 1. The van der Waals surface area contributed by atoms with Crippen molar-refractivity contribution in [2.45, 2.75) is 25.5 Å². The van der Waals surface area contributed by atoms with E-state index in [9.17, 15) is 9.59 Å². The van der Waals surface area contributed by atoms with Gasteiger partial charge in [0.15, 0.2) is 0 Å². The van der Waals surface area contributed by atoms with E-state index < -0.39 is 0 Å². The van der Waals surface area contributed by atoms with E-state index in [-0.39, 0.29) is 30.5 Å². The van der Waals surface area contributed by atoms with Crippen LogP contribution < -0.4 is 0 Å². The minimum Gasteiger partial charge on any atom is -0.445 e. The summed E-state index contributed by atoms with van der Waals surface area (Å²) in [6.07, 6.45) is 1.40. The third kappa shape index (κ3) is 4.37. The molecule has 0 saturated carbocycles. The summed E-state index contributed by atoms with van der Waals surface area (Å²) >= 11 is 5.59. The maximum Gasteiger partial charge on any atom is 0.410 e. The number of piperidine rings is 1. The maximum atomic E-state index is 12.2. The van der Waals surface area contributed by atoms with Crippen molar-refractivity contribution in [2.24, 2.45) is 0 Å². The van der Waals surface area contributed by atoms with Gasteiger partial charge in [0.2, 0.25) is 5.91 Å². The van der Waals surface area contributed by atoms with Gasteiger partial charge in [-0.1, -0.05) is 30.3 Å². The molecular weight excluding hydrogens is 304 g/mol. The first-order valence-corrected chi connectivity index (χ1v) is 7.92. The van der Waals surface area contributed by atoms with Crippen molar-refractivity contribution in [3.8, 4) is 0 Å². The number of halogens is 1. The second kappa shape index (κ2) is 8.03. The predicted octanol–water partition coefficient (Wildman–Crippen LogP) is 2.48. The van der Waals surface area contributed by atoms with Crippen LogP contribution in [0.25, 0.3) is 0 Å². The summed E-state index contributed by atoms with van der Waals surface area (Å²) in [5.74, 6) is -0.156. The second-order valence-electron chi connectivity index (χ2n) is 5.42. The zero-order valence-electron chi connectivity index (χ0n) is 12.7. The van der Waals surface area contributed by atoms with Gasteiger partial charge in [-0.3, -0.25) is 4.79 Å². The molecule has 1 heterocycles. The number of amides is 2. The molecule has 0 radical (unpaired) electrons. The highest BCUT2D eigenvalue weighted by Gasteiger charge is 2.28. The number of alkyl halides is 1. The molecule has 1 aliphatic rings. The van der Waals surface area contributed by atoms with E-state index in [1.807, 2.05) is 30.3 Å². The van der Waals surface area contributed by atoms with E-state index in [4.69, 9.17) is 16.3 Å². The molecule has 0 bridgehead atoms. The summed E-state index contributed by atoms with van der Waals surface area (Å²) in [7, 11) is 1.73. The SMILES string of the molecule is CN(C(=O)CCl)C1CCCN(C(=O)OCc2ccccc2)C1. The molecular formula is C16H21ClN2O3. The van der Waals surface area contributed by atoms with Crippen LogP contribution in [0.2, 0.25) is 0 Å². The lowest BCUT2D eigenvalue weighted by molar-refractivity contribution is -0.130. The van der Waals surface area contributed by atoms with Crippen LogP contribution in [0.15, 0.2) is 30.3 Å². The summed E-state index contributed by atoms with van der Waals surface area (Å²) < 4.78 is 5.34. The van der Waals surface area contributed by atoms with Crippen molar-refractivity contribution >= 4 is 23.6 Å². The van der Waals surface area contributed by atoms with Crippen molar-refractivity contribution in [1.29, 1.82) is 0 Å². The minimum atomic E-state index is -0.333. The van der Waals surface area contributed by atoms with Crippen LogP contribution in [0.1, 0.15) is 18.4 Å². The second-order valence-corrected chi connectivity index (χ2v) is 5.69. The van der Waals surface area contributed by atoms with Crippen LogP contribution in [0.3, 0.4) is 0 Å². The number of nitrogens with zero attached hydrogens (tertiary/aromatic N) is 2. The number of rotatable bonds is 4. The van der Waals surface area contributed by atoms with Crippen LogP contribution in [-0.2, 0) is 16.1 Å². The van der Waals surface area contributed by atoms with Crippen molar-refractivity contribution < 1.29 is 14.3 Å². The van der Waals surface area contributed by atoms with Gasteiger partial charge in [-0.25, -0.2) is 4.79 Å². The van der Waals surface area contributed by atoms with Gasteiger partial charge in [0.25, 0.3) is 0 Å². The first kappa shape index (κ1) is 16.6. The Bertz CT molecular complexity index is 509. The highest BCUT2D eigenvalue weighted by atomic mass is 35.5. The minimum absolute atomic E-state index is 0.00396. The third-order valence-electron chi connectivity index (χ3n) is 3.92. The summed E-state index contributed by atoms with van der Waals surface area (Å²) in [6, 6.07) is 9.58. The molecule has 1 aromatic carbocycles. The molecule has 5 nitrogen and oxygen atoms in total. The number of carbonyl (C=O) groups excluding carboxylic acids is 2. The molecule has 0 N–H and O–H groups in total. The van der Waals surface area contributed by atoms with Crippen molar-refractivity contribution in [1.82, 2.24) is 9.80 Å². The van der Waals surface area contributed by atoms with Gasteiger partial charge >= 0.3 is 6.09 Å². The normalized spacial score (nSPS) is 17.9. The van der Waals surface area contributed by atoms with Crippen LogP contribution in [0, 0.1) is 0 Å². The number of hydrogen-bond donors (Lipinski definition) is 0. The molecule has 1 fully saturated rings. The largest absolute Gasteiger partial charge is 0.445 e. The lowest BCUT2D eigenvalue weighted by atomic mass is 10.1. The quantitative estimate of drug-likeness (QED) is 0.800. The Balaban J connectivity index is 1.86. The first-order valence-electron chi connectivity index (χ1n) is 7.39. The van der Waals surface area contributed by atoms with E-state index in [2.05, 4.69) is 0 Å². The summed E-state index contributed by atoms with van der Waals surface area (Å²) in [4.78, 5) is 27.1. The van der Waals surface area contributed by atoms with Gasteiger partial charge in [0.1, 0.15) is 12.5 Å². The molecule has 120 valence electrons. The van der Waals surface area contributed by atoms with Crippen molar-refractivity contribution in [3.63, 3.8) is 0 Å². The monoisotopic (exact) mass is 324 g/mol. The fourth-order valence-electron chi connectivity index (χ4n) is 2.55. The van der Waals surface area contributed by atoms with Crippen LogP contribution >= 0.6 is 11.6 Å². The van der Waals surface area contributed by atoms with Crippen molar-refractivity contribution in [2.75, 3.05) is 26.0 Å². The fourth-order valence-corrected chi connectivity index (χ4v) is 2.73. The molecule has 22 heavy (non-hydrogen) atoms. The molecule has 1 aromatic rings. The Hall–Kier alpha value is -1.75. The number of carbonyl (C=O) groups is 2. The summed E-state index contributed by atoms with van der Waals surface area (Å²) in [6.45, 7) is 1.41. The molecule has 2 amide bonds. The Labute approximate surface area is 135 Å². The third-order valence-corrected chi connectivity index (χ3v) is 4.14. The van der Waals surface area contributed by atoms with Crippen LogP contribution in [-0.4, -0.2) is 53.9 Å². The number of benzene rings is 1. The lowest BCUT2D eigenvalue weighted by Gasteiger charge is -2.36. The zero-order chi connectivity index (χ0) is 15.9. The van der Waals surface area contributed by atoms with E-state index >= 15 is 0 Å². The van der Waals surface area contributed by atoms with E-state index in [1.54, 1.807) is 16.8 Å². The smallest absolute Gasteiger partial charge is 0.410 e. The van der Waals surface area contributed by atoms with Crippen LogP contribution in [0.4, 0.5) is 4.79 Å². The Morgan fingerprint density at radius 3 is 2.77 bits per heavy atom. The Kier molecular flexibility index (Phi) is 6.07. The molecule has 1 aliphatic heterocycles. The molecule has 1 saturated heterocycles. The molecule has 2 rings (SSSR count). The highest BCUT2D eigenvalue weighted by Crippen LogP contribution is 2.16. The van der Waals surface area contributed by atoms with Gasteiger partial charge < -0.3 is 14.5 Å². The Morgan fingerprint density at radius 1 is 1.36 bits per heavy atom. The number of likely N-dealkylation sites (tertiary alicyclic amines) is 1. The van der Waals surface area contributed by atoms with Gasteiger partial charge in [0, 0.05) is 26.2 Å². The standard InChI is InChI=1S/C16H21ClN2O3/c1-18(15(20)10-17)14-8-5-9-19(11-14)16(21)22-12-13-6-3-2-4-7-13/h2-4,6-7,14H,5,8-12H2,1H3. The summed E-state index contributed by atoms with van der Waals surface area (Å²) in [5, 5.41) is 0. The number of hydrogen-bond acceptors (Lipinski definition) is 3. The molecule has 0 aromatic heterocycles. The Morgan fingerprint density at radius 2 is 2.09 bits per heavy atom. The van der Waals surface area contributed by atoms with Gasteiger partial charge in [-0.2, -0.15) is 0 Å². The molecule has 1 atom stereocenters.